The van der Waals surface area contributed by atoms with Crippen LogP contribution in [0.2, 0.25) is 0 Å². The van der Waals surface area contributed by atoms with Gasteiger partial charge >= 0.3 is 0 Å². The summed E-state index contributed by atoms with van der Waals surface area (Å²) in [4.78, 5) is 0. The molecule has 0 radical (unpaired) electrons. The first-order valence-electron chi connectivity index (χ1n) is 3.35. The summed E-state index contributed by atoms with van der Waals surface area (Å²) in [6.45, 7) is 4.50. The van der Waals surface area contributed by atoms with Crippen molar-refractivity contribution >= 4 is 23.2 Å². The van der Waals surface area contributed by atoms with Crippen LogP contribution in [0.15, 0.2) is 0 Å². The Kier molecular flexibility index (Phi) is 1.000. The van der Waals surface area contributed by atoms with Gasteiger partial charge in [0.15, 0.2) is 0 Å². The third-order valence-corrected chi connectivity index (χ3v) is 4.20. The van der Waals surface area contributed by atoms with E-state index in [1.54, 1.807) is 0 Å². The summed E-state index contributed by atoms with van der Waals surface area (Å²) in [6, 6.07) is 0. The molecule has 0 N–H and O–H groups in total. The van der Waals surface area contributed by atoms with Gasteiger partial charge in [-0.05, 0) is 17.3 Å². The average Bonchev–Trinajstić information content (AvgIpc) is 2.29. The van der Waals surface area contributed by atoms with Crippen molar-refractivity contribution in [1.29, 1.82) is 0 Å². The number of halogens is 2. The fourth-order valence-corrected chi connectivity index (χ4v) is 3.46. The summed E-state index contributed by atoms with van der Waals surface area (Å²) in [5.74, 6) is 1.45. The van der Waals surface area contributed by atoms with Crippen LogP contribution >= 0.6 is 23.2 Å². The fraction of sp³-hybridized carbons (Fsp3) is 1.00. The van der Waals surface area contributed by atoms with E-state index in [1.807, 2.05) is 0 Å². The van der Waals surface area contributed by atoms with Crippen LogP contribution < -0.4 is 0 Å². The molecule has 0 aliphatic heterocycles. The van der Waals surface area contributed by atoms with Crippen molar-refractivity contribution in [3.8, 4) is 0 Å². The van der Waals surface area contributed by atoms with Crippen LogP contribution in [0.1, 0.15) is 13.8 Å². The van der Waals surface area contributed by atoms with Gasteiger partial charge in [-0.15, -0.1) is 23.2 Å². The molecule has 0 amide bonds. The zero-order valence-electron chi connectivity index (χ0n) is 5.57. The Labute approximate surface area is 65.5 Å². The lowest BCUT2D eigenvalue weighted by atomic mass is 9.99. The Morgan fingerprint density at radius 2 is 1.33 bits per heavy atom. The predicted molar refractivity (Wildman–Crippen MR) is 40.0 cm³/mol. The highest BCUT2D eigenvalue weighted by molar-refractivity contribution is 6.32. The highest BCUT2D eigenvalue weighted by atomic mass is 35.5. The normalized spacial score (nSPS) is 60.0. The summed E-state index contributed by atoms with van der Waals surface area (Å²) >= 11 is 11.9. The second-order valence-corrected chi connectivity index (χ2v) is 4.77. The van der Waals surface area contributed by atoms with Gasteiger partial charge in [-0.25, -0.2) is 0 Å². The molecule has 2 saturated carbocycles. The molecule has 2 aliphatic rings. The average molecular weight is 165 g/mol. The van der Waals surface area contributed by atoms with Crippen LogP contribution in [-0.4, -0.2) is 10.8 Å². The summed E-state index contributed by atoms with van der Waals surface area (Å²) in [5, 5.41) is 0.512. The summed E-state index contributed by atoms with van der Waals surface area (Å²) < 4.78 is 0. The van der Waals surface area contributed by atoms with Gasteiger partial charge < -0.3 is 0 Å². The maximum atomic E-state index is 5.94. The van der Waals surface area contributed by atoms with Crippen molar-refractivity contribution in [2.24, 2.45) is 17.3 Å². The van der Waals surface area contributed by atoms with Gasteiger partial charge in [0.05, 0.1) is 10.8 Å². The third kappa shape index (κ3) is 0.526. The van der Waals surface area contributed by atoms with E-state index < -0.39 is 0 Å². The second-order valence-electron chi connectivity index (χ2n) is 3.76. The Hall–Kier alpha value is 0.580. The van der Waals surface area contributed by atoms with E-state index in [0.717, 1.165) is 11.8 Å². The topological polar surface area (TPSA) is 0 Å². The lowest BCUT2D eigenvalue weighted by Gasteiger charge is -2.24. The lowest BCUT2D eigenvalue weighted by Crippen LogP contribution is -2.30. The van der Waals surface area contributed by atoms with Crippen molar-refractivity contribution in [3.05, 3.63) is 0 Å². The zero-order chi connectivity index (χ0) is 6.81. The molecule has 52 valence electrons. The molecule has 0 spiro atoms. The van der Waals surface area contributed by atoms with Crippen LogP contribution in [0, 0.1) is 17.3 Å². The Morgan fingerprint density at radius 1 is 1.00 bits per heavy atom. The van der Waals surface area contributed by atoms with E-state index in [0.29, 0.717) is 5.41 Å². The maximum Gasteiger partial charge on any atom is 0.0539 e. The number of hydrogen-bond acceptors (Lipinski definition) is 0. The molecule has 0 aromatic carbocycles. The van der Waals surface area contributed by atoms with E-state index >= 15 is 0 Å². The zero-order valence-corrected chi connectivity index (χ0v) is 7.08. The molecule has 2 rings (SSSR count). The molecule has 9 heavy (non-hydrogen) atoms. The van der Waals surface area contributed by atoms with Gasteiger partial charge in [0.1, 0.15) is 0 Å². The molecule has 0 aromatic heterocycles. The summed E-state index contributed by atoms with van der Waals surface area (Å²) in [6.07, 6.45) is 0. The molecular weight excluding hydrogens is 155 g/mol. The van der Waals surface area contributed by atoms with Crippen molar-refractivity contribution < 1.29 is 0 Å². The number of hydrogen-bond donors (Lipinski definition) is 0. The predicted octanol–water partition coefficient (Wildman–Crippen LogP) is 2.49. The number of fused-ring (bicyclic) bond motifs is 1. The molecule has 0 nitrogen and oxygen atoms in total. The maximum absolute atomic E-state index is 5.94. The van der Waals surface area contributed by atoms with Crippen molar-refractivity contribution in [2.75, 3.05) is 0 Å². The van der Waals surface area contributed by atoms with Crippen LogP contribution in [-0.2, 0) is 0 Å². The molecule has 2 aliphatic carbocycles. The molecular formula is C7H10Cl2. The number of rotatable bonds is 0. The first kappa shape index (κ1) is 6.30. The van der Waals surface area contributed by atoms with Crippen LogP contribution in [0.3, 0.4) is 0 Å². The molecule has 4 atom stereocenters. The van der Waals surface area contributed by atoms with Gasteiger partial charge in [0.25, 0.3) is 0 Å². The number of alkyl halides is 2. The van der Waals surface area contributed by atoms with Gasteiger partial charge in [-0.1, -0.05) is 13.8 Å². The molecule has 0 saturated heterocycles. The van der Waals surface area contributed by atoms with E-state index in [1.165, 1.54) is 0 Å². The Balaban J connectivity index is 2.15. The first-order chi connectivity index (χ1) is 4.07. The van der Waals surface area contributed by atoms with Crippen molar-refractivity contribution in [1.82, 2.24) is 0 Å². The standard InChI is InChI=1S/C7H10Cl2/c1-7(2)3-4(7)6(9)5(3)8/h3-6H,1-2H3. The van der Waals surface area contributed by atoms with E-state index in [4.69, 9.17) is 23.2 Å². The minimum atomic E-state index is 0.256. The highest BCUT2D eigenvalue weighted by Gasteiger charge is 2.73. The van der Waals surface area contributed by atoms with Crippen LogP contribution in [0.5, 0.6) is 0 Å². The first-order valence-corrected chi connectivity index (χ1v) is 4.22. The van der Waals surface area contributed by atoms with E-state index in [2.05, 4.69) is 13.8 Å². The minimum Gasteiger partial charge on any atom is -0.121 e. The molecule has 0 heterocycles. The minimum absolute atomic E-state index is 0.256. The molecule has 4 unspecified atom stereocenters. The summed E-state index contributed by atoms with van der Waals surface area (Å²) in [5.41, 5.74) is 0.457. The molecule has 0 aromatic rings. The lowest BCUT2D eigenvalue weighted by molar-refractivity contribution is 0.488. The SMILES string of the molecule is CC1(C)C2C(Cl)C(Cl)C21. The van der Waals surface area contributed by atoms with E-state index in [9.17, 15) is 0 Å². The van der Waals surface area contributed by atoms with Crippen LogP contribution in [0.4, 0.5) is 0 Å². The Bertz CT molecular complexity index is 137. The van der Waals surface area contributed by atoms with Gasteiger partial charge in [-0.2, -0.15) is 0 Å². The molecule has 0 bridgehead atoms. The summed E-state index contributed by atoms with van der Waals surface area (Å²) in [7, 11) is 0. The van der Waals surface area contributed by atoms with Gasteiger partial charge in [0, 0.05) is 0 Å². The molecule has 2 heteroatoms. The Morgan fingerprint density at radius 3 is 1.44 bits per heavy atom. The monoisotopic (exact) mass is 164 g/mol. The van der Waals surface area contributed by atoms with E-state index in [-0.39, 0.29) is 10.8 Å². The quantitative estimate of drug-likeness (QED) is 0.483. The molecule has 2 fully saturated rings. The van der Waals surface area contributed by atoms with Crippen molar-refractivity contribution in [2.45, 2.75) is 24.6 Å². The van der Waals surface area contributed by atoms with Gasteiger partial charge in [0.2, 0.25) is 0 Å². The van der Waals surface area contributed by atoms with Crippen molar-refractivity contribution in [3.63, 3.8) is 0 Å². The fourth-order valence-electron chi connectivity index (χ4n) is 2.19. The smallest absolute Gasteiger partial charge is 0.0539 e. The van der Waals surface area contributed by atoms with Crippen LogP contribution in [0.25, 0.3) is 0 Å². The largest absolute Gasteiger partial charge is 0.121 e. The highest BCUT2D eigenvalue weighted by Crippen LogP contribution is 2.73. The van der Waals surface area contributed by atoms with Gasteiger partial charge in [-0.3, -0.25) is 0 Å². The third-order valence-electron chi connectivity index (χ3n) is 2.99. The second kappa shape index (κ2) is 1.43.